The van der Waals surface area contributed by atoms with Crippen molar-refractivity contribution in [3.63, 3.8) is 0 Å². The van der Waals surface area contributed by atoms with Crippen LogP contribution in [0.5, 0.6) is 11.5 Å². The number of hydrogen-bond acceptors (Lipinski definition) is 7. The van der Waals surface area contributed by atoms with Gasteiger partial charge in [-0.2, -0.15) is 0 Å². The number of aryl methyl sites for hydroxylation is 3. The molecular formula is C33H45N5O6. The molecule has 2 N–H and O–H groups in total. The number of carbonyl (C=O) groups is 4. The third-order valence-electron chi connectivity index (χ3n) is 8.15. The molecule has 4 amide bonds. The zero-order chi connectivity index (χ0) is 31.5. The second-order valence-corrected chi connectivity index (χ2v) is 11.6. The standard InChI is InChI=1S/C33H45N5O6/c1-23-32(41)37(2)16-6-7-17-38(33(42)26-20-25-9-4-5-10-27(25)35-21-26)18-8-15-34-30(39)14-12-24-11-13-28(43-3)29(19-24)44-22-31(40)36-23/h11,13,19-21,23H,4-10,12,14-18,22H2,1-3H3,(H,34,39)(H,36,40)/t23-/m0/s1. The summed E-state index contributed by atoms with van der Waals surface area (Å²) in [5, 5.41) is 5.67. The monoisotopic (exact) mass is 607 g/mol. The fraction of sp³-hybridized carbons (Fsp3) is 0.545. The highest BCUT2D eigenvalue weighted by atomic mass is 16.5. The van der Waals surface area contributed by atoms with E-state index in [0.29, 0.717) is 68.9 Å². The Bertz CT molecular complexity index is 1330. The van der Waals surface area contributed by atoms with E-state index in [1.165, 1.54) is 7.11 Å². The highest BCUT2D eigenvalue weighted by molar-refractivity contribution is 5.94. The molecule has 0 spiro atoms. The highest BCUT2D eigenvalue weighted by Gasteiger charge is 2.22. The summed E-state index contributed by atoms with van der Waals surface area (Å²) < 4.78 is 11.1. The average Bonchev–Trinajstić information content (AvgIpc) is 3.04. The van der Waals surface area contributed by atoms with Gasteiger partial charge in [-0.3, -0.25) is 24.2 Å². The number of hydrogen-bond donors (Lipinski definition) is 2. The quantitative estimate of drug-likeness (QED) is 0.537. The number of carbonyl (C=O) groups excluding carboxylic acids is 4. The van der Waals surface area contributed by atoms with Gasteiger partial charge in [0.25, 0.3) is 11.8 Å². The van der Waals surface area contributed by atoms with Crippen molar-refractivity contribution in [3.05, 3.63) is 52.8 Å². The number of fused-ring (bicyclic) bond motifs is 3. The molecule has 11 nitrogen and oxygen atoms in total. The summed E-state index contributed by atoms with van der Waals surface area (Å²) in [6, 6.07) is 6.62. The van der Waals surface area contributed by atoms with E-state index in [2.05, 4.69) is 15.6 Å². The minimum Gasteiger partial charge on any atom is -0.493 e. The first-order chi connectivity index (χ1) is 21.2. The topological polar surface area (TPSA) is 130 Å². The summed E-state index contributed by atoms with van der Waals surface area (Å²) in [6.07, 6.45) is 8.58. The maximum absolute atomic E-state index is 13.6. The van der Waals surface area contributed by atoms with Gasteiger partial charge < -0.3 is 29.9 Å². The Morgan fingerprint density at radius 3 is 2.55 bits per heavy atom. The molecule has 0 saturated heterocycles. The number of aromatic nitrogens is 1. The molecule has 0 fully saturated rings. The summed E-state index contributed by atoms with van der Waals surface area (Å²) >= 11 is 0. The number of likely N-dealkylation sites (N-methyl/N-ethyl adjacent to an activating group) is 1. The summed E-state index contributed by atoms with van der Waals surface area (Å²) in [7, 11) is 3.22. The molecular weight excluding hydrogens is 562 g/mol. The second kappa shape index (κ2) is 16.1. The van der Waals surface area contributed by atoms with Crippen LogP contribution in [0.4, 0.5) is 0 Å². The maximum atomic E-state index is 13.6. The van der Waals surface area contributed by atoms with Gasteiger partial charge in [0, 0.05) is 51.5 Å². The van der Waals surface area contributed by atoms with Crippen LogP contribution in [-0.2, 0) is 33.6 Å². The normalized spacial score (nSPS) is 19.8. The number of nitrogens with zero attached hydrogens (tertiary/aromatic N) is 3. The lowest BCUT2D eigenvalue weighted by Gasteiger charge is -2.25. The van der Waals surface area contributed by atoms with Crippen molar-refractivity contribution >= 4 is 23.6 Å². The molecule has 0 saturated carbocycles. The summed E-state index contributed by atoms with van der Waals surface area (Å²) in [4.78, 5) is 59.7. The summed E-state index contributed by atoms with van der Waals surface area (Å²) in [5.74, 6) is 0.0726. The van der Waals surface area contributed by atoms with Gasteiger partial charge in [0.2, 0.25) is 11.8 Å². The Kier molecular flexibility index (Phi) is 12.0. The van der Waals surface area contributed by atoms with E-state index in [1.807, 2.05) is 17.0 Å². The van der Waals surface area contributed by atoms with Crippen molar-refractivity contribution in [2.24, 2.45) is 0 Å². The van der Waals surface area contributed by atoms with E-state index in [4.69, 9.17) is 9.47 Å². The third-order valence-corrected chi connectivity index (χ3v) is 8.15. The van der Waals surface area contributed by atoms with Crippen molar-refractivity contribution in [2.75, 3.05) is 46.9 Å². The molecule has 4 rings (SSSR count). The predicted molar refractivity (Wildman–Crippen MR) is 166 cm³/mol. The van der Waals surface area contributed by atoms with E-state index in [1.54, 1.807) is 37.2 Å². The van der Waals surface area contributed by atoms with E-state index >= 15 is 0 Å². The summed E-state index contributed by atoms with van der Waals surface area (Å²) in [5.41, 5.74) is 3.70. The molecule has 238 valence electrons. The Hall–Kier alpha value is -4.15. The van der Waals surface area contributed by atoms with Gasteiger partial charge in [-0.1, -0.05) is 6.07 Å². The first-order valence-corrected chi connectivity index (χ1v) is 15.6. The zero-order valence-electron chi connectivity index (χ0n) is 26.2. The number of amides is 4. The first-order valence-electron chi connectivity index (χ1n) is 15.6. The van der Waals surface area contributed by atoms with Crippen LogP contribution in [0.2, 0.25) is 0 Å². The highest BCUT2D eigenvalue weighted by Crippen LogP contribution is 2.28. The number of rotatable bonds is 2. The molecule has 1 aliphatic carbocycles. The van der Waals surface area contributed by atoms with Crippen molar-refractivity contribution in [3.8, 4) is 11.5 Å². The van der Waals surface area contributed by atoms with E-state index < -0.39 is 11.9 Å². The van der Waals surface area contributed by atoms with Crippen molar-refractivity contribution in [1.29, 1.82) is 0 Å². The van der Waals surface area contributed by atoms with Gasteiger partial charge in [0.1, 0.15) is 6.04 Å². The molecule has 0 unspecified atom stereocenters. The largest absolute Gasteiger partial charge is 0.493 e. The second-order valence-electron chi connectivity index (χ2n) is 11.6. The van der Waals surface area contributed by atoms with Crippen molar-refractivity contribution < 1.29 is 28.7 Å². The van der Waals surface area contributed by atoms with Gasteiger partial charge in [-0.25, -0.2) is 0 Å². The van der Waals surface area contributed by atoms with E-state index in [0.717, 1.165) is 42.5 Å². The molecule has 2 heterocycles. The van der Waals surface area contributed by atoms with Crippen LogP contribution in [0.3, 0.4) is 0 Å². The van der Waals surface area contributed by atoms with Crippen LogP contribution >= 0.6 is 0 Å². The van der Waals surface area contributed by atoms with E-state index in [9.17, 15) is 19.2 Å². The molecule has 1 aromatic carbocycles. The maximum Gasteiger partial charge on any atom is 0.258 e. The molecule has 1 aliphatic heterocycles. The fourth-order valence-electron chi connectivity index (χ4n) is 5.62. The van der Waals surface area contributed by atoms with Crippen LogP contribution in [-0.4, -0.2) is 91.4 Å². The smallest absolute Gasteiger partial charge is 0.258 e. The molecule has 0 radical (unpaired) electrons. The van der Waals surface area contributed by atoms with E-state index in [-0.39, 0.29) is 30.7 Å². The van der Waals surface area contributed by atoms with Gasteiger partial charge in [-0.05, 0) is 87.6 Å². The van der Waals surface area contributed by atoms with Crippen LogP contribution < -0.4 is 20.1 Å². The fourth-order valence-corrected chi connectivity index (χ4v) is 5.62. The lowest BCUT2D eigenvalue weighted by molar-refractivity contribution is -0.135. The number of nitrogens with one attached hydrogen (secondary N) is 2. The van der Waals surface area contributed by atoms with Crippen LogP contribution in [0.15, 0.2) is 30.5 Å². The van der Waals surface area contributed by atoms with Gasteiger partial charge in [0.05, 0.1) is 12.7 Å². The number of ether oxygens (including phenoxy) is 2. The Labute approximate surface area is 259 Å². The minimum atomic E-state index is -0.727. The summed E-state index contributed by atoms with van der Waals surface area (Å²) in [6.45, 7) is 3.31. The van der Waals surface area contributed by atoms with Gasteiger partial charge in [-0.15, -0.1) is 0 Å². The predicted octanol–water partition coefficient (Wildman–Crippen LogP) is 2.69. The Balaban J connectivity index is 1.45. The SMILES string of the molecule is COc1ccc2cc1OCC(=O)N[C@@H](C)C(=O)N(C)CCCCN(C(=O)c1cnc3c(c1)CCCC3)CCCNC(=O)CC2. The average molecular weight is 608 g/mol. The molecule has 1 aromatic heterocycles. The molecule has 2 aromatic rings. The molecule has 2 bridgehead atoms. The van der Waals surface area contributed by atoms with Crippen LogP contribution in [0, 0.1) is 0 Å². The third kappa shape index (κ3) is 9.17. The molecule has 44 heavy (non-hydrogen) atoms. The van der Waals surface area contributed by atoms with Gasteiger partial charge in [0.15, 0.2) is 18.1 Å². The van der Waals surface area contributed by atoms with Crippen LogP contribution in [0.25, 0.3) is 0 Å². The Morgan fingerprint density at radius 2 is 1.73 bits per heavy atom. The first kappa shape index (κ1) is 32.8. The molecule has 11 heteroatoms. The van der Waals surface area contributed by atoms with Crippen molar-refractivity contribution in [1.82, 2.24) is 25.4 Å². The molecule has 1 atom stereocenters. The number of methoxy groups -OCH3 is 1. The number of pyridine rings is 1. The van der Waals surface area contributed by atoms with Gasteiger partial charge >= 0.3 is 0 Å². The van der Waals surface area contributed by atoms with Crippen molar-refractivity contribution in [2.45, 2.75) is 70.8 Å². The lowest BCUT2D eigenvalue weighted by atomic mass is 9.95. The molecule has 2 aliphatic rings. The zero-order valence-corrected chi connectivity index (χ0v) is 26.2. The number of benzene rings is 1. The Morgan fingerprint density at radius 1 is 0.955 bits per heavy atom. The minimum absolute atomic E-state index is 0.0649. The lowest BCUT2D eigenvalue weighted by Crippen LogP contribution is -2.47. The van der Waals surface area contributed by atoms with Crippen LogP contribution in [0.1, 0.15) is 72.6 Å².